The number of amides is 1. The second-order valence-corrected chi connectivity index (χ2v) is 6.35. The van der Waals surface area contributed by atoms with Crippen molar-refractivity contribution in [2.45, 2.75) is 44.6 Å². The van der Waals surface area contributed by atoms with E-state index in [9.17, 15) is 9.18 Å². The maximum atomic E-state index is 13.3. The minimum atomic E-state index is -0.212. The van der Waals surface area contributed by atoms with E-state index in [4.69, 9.17) is 0 Å². The van der Waals surface area contributed by atoms with Crippen LogP contribution in [0, 0.1) is 11.7 Å². The summed E-state index contributed by atoms with van der Waals surface area (Å²) in [6.07, 6.45) is 5.98. The Morgan fingerprint density at radius 2 is 2.14 bits per heavy atom. The largest absolute Gasteiger partial charge is 0.358 e. The van der Waals surface area contributed by atoms with Crippen molar-refractivity contribution in [2.75, 3.05) is 0 Å². The van der Waals surface area contributed by atoms with E-state index >= 15 is 0 Å². The van der Waals surface area contributed by atoms with Gasteiger partial charge in [0.05, 0.1) is 0 Å². The highest BCUT2D eigenvalue weighted by atomic mass is 19.1. The van der Waals surface area contributed by atoms with E-state index in [1.807, 2.05) is 6.07 Å². The summed E-state index contributed by atoms with van der Waals surface area (Å²) >= 11 is 0. The molecule has 2 aliphatic carbocycles. The number of H-pyrrole nitrogens is 1. The van der Waals surface area contributed by atoms with Crippen molar-refractivity contribution >= 4 is 16.8 Å². The molecule has 21 heavy (non-hydrogen) atoms. The van der Waals surface area contributed by atoms with Gasteiger partial charge in [0, 0.05) is 28.6 Å². The zero-order valence-corrected chi connectivity index (χ0v) is 11.9. The van der Waals surface area contributed by atoms with Gasteiger partial charge >= 0.3 is 0 Å². The number of halogens is 1. The van der Waals surface area contributed by atoms with E-state index in [0.717, 1.165) is 43.0 Å². The van der Waals surface area contributed by atoms with Crippen LogP contribution in [0.3, 0.4) is 0 Å². The van der Waals surface area contributed by atoms with Crippen molar-refractivity contribution < 1.29 is 9.18 Å². The first-order valence-electron chi connectivity index (χ1n) is 7.80. The van der Waals surface area contributed by atoms with Gasteiger partial charge in [-0.3, -0.25) is 4.79 Å². The Kier molecular flexibility index (Phi) is 2.98. The van der Waals surface area contributed by atoms with Crippen LogP contribution >= 0.6 is 0 Å². The van der Waals surface area contributed by atoms with Gasteiger partial charge in [-0.15, -0.1) is 0 Å². The number of benzene rings is 1. The number of aromatic amines is 1. The number of aryl methyl sites for hydroxylation is 1. The van der Waals surface area contributed by atoms with Crippen LogP contribution in [0.2, 0.25) is 0 Å². The monoisotopic (exact) mass is 286 g/mol. The number of carbonyl (C=O) groups is 1. The standard InChI is InChI=1S/C17H19FN2O/c18-11-4-6-13-14-9-12(19-17(21)10-2-1-3-10)5-7-15(14)20-16(13)8-11/h4,6,8,10,12,20H,1-3,5,7,9H2,(H,19,21). The van der Waals surface area contributed by atoms with Gasteiger partial charge in [0.25, 0.3) is 0 Å². The highest BCUT2D eigenvalue weighted by Gasteiger charge is 2.29. The molecule has 1 unspecified atom stereocenters. The molecule has 0 bridgehead atoms. The first-order chi connectivity index (χ1) is 10.2. The third-order valence-corrected chi connectivity index (χ3v) is 4.97. The fraction of sp³-hybridized carbons (Fsp3) is 0.471. The fourth-order valence-corrected chi connectivity index (χ4v) is 3.51. The van der Waals surface area contributed by atoms with E-state index in [0.29, 0.717) is 0 Å². The molecule has 3 nitrogen and oxygen atoms in total. The maximum Gasteiger partial charge on any atom is 0.223 e. The lowest BCUT2D eigenvalue weighted by Gasteiger charge is -2.29. The molecule has 1 heterocycles. The van der Waals surface area contributed by atoms with Crippen LogP contribution in [0.25, 0.3) is 10.9 Å². The van der Waals surface area contributed by atoms with Crippen molar-refractivity contribution in [3.63, 3.8) is 0 Å². The summed E-state index contributed by atoms with van der Waals surface area (Å²) in [5, 5.41) is 4.29. The molecule has 0 saturated heterocycles. The third-order valence-electron chi connectivity index (χ3n) is 4.97. The van der Waals surface area contributed by atoms with Gasteiger partial charge in [0.15, 0.2) is 0 Å². The van der Waals surface area contributed by atoms with Crippen LogP contribution in [0.1, 0.15) is 36.9 Å². The molecule has 1 atom stereocenters. The lowest BCUT2D eigenvalue weighted by atomic mass is 9.84. The van der Waals surface area contributed by atoms with Crippen LogP contribution in [0.15, 0.2) is 18.2 Å². The number of rotatable bonds is 2. The Hall–Kier alpha value is -1.84. The minimum Gasteiger partial charge on any atom is -0.358 e. The predicted molar refractivity (Wildman–Crippen MR) is 79.6 cm³/mol. The molecular weight excluding hydrogens is 267 g/mol. The molecule has 0 aliphatic heterocycles. The summed E-state index contributed by atoms with van der Waals surface area (Å²) in [7, 11) is 0. The Bertz CT molecular complexity index is 702. The average molecular weight is 286 g/mol. The lowest BCUT2D eigenvalue weighted by molar-refractivity contribution is -0.128. The SMILES string of the molecule is O=C(NC1CCc2[nH]c3cc(F)ccc3c2C1)C1CCC1. The molecule has 2 aromatic rings. The zero-order chi connectivity index (χ0) is 14.4. The van der Waals surface area contributed by atoms with Gasteiger partial charge in [-0.25, -0.2) is 4.39 Å². The summed E-state index contributed by atoms with van der Waals surface area (Å²) in [5.74, 6) is 0.250. The van der Waals surface area contributed by atoms with E-state index in [1.54, 1.807) is 6.07 Å². The maximum absolute atomic E-state index is 13.3. The summed E-state index contributed by atoms with van der Waals surface area (Å²) in [5.41, 5.74) is 3.31. The molecule has 1 saturated carbocycles. The van der Waals surface area contributed by atoms with Crippen LogP contribution < -0.4 is 5.32 Å². The number of hydrogen-bond acceptors (Lipinski definition) is 1. The van der Waals surface area contributed by atoms with Gasteiger partial charge in [-0.05, 0) is 55.9 Å². The number of nitrogens with one attached hydrogen (secondary N) is 2. The van der Waals surface area contributed by atoms with Gasteiger partial charge < -0.3 is 10.3 Å². The van der Waals surface area contributed by atoms with Crippen LogP contribution in [0.5, 0.6) is 0 Å². The van der Waals surface area contributed by atoms with Crippen LogP contribution in [-0.4, -0.2) is 16.9 Å². The fourth-order valence-electron chi connectivity index (χ4n) is 3.51. The Labute approximate surface area is 122 Å². The molecular formula is C17H19FN2O. The van der Waals surface area contributed by atoms with Gasteiger partial charge in [-0.2, -0.15) is 0 Å². The second kappa shape index (κ2) is 4.86. The number of carbonyl (C=O) groups excluding carboxylic acids is 1. The van der Waals surface area contributed by atoms with Gasteiger partial charge in [0.1, 0.15) is 5.82 Å². The second-order valence-electron chi connectivity index (χ2n) is 6.35. The van der Waals surface area contributed by atoms with Crippen LogP contribution in [-0.2, 0) is 17.6 Å². The van der Waals surface area contributed by atoms with Crippen molar-refractivity contribution in [2.24, 2.45) is 5.92 Å². The highest BCUT2D eigenvalue weighted by Crippen LogP contribution is 2.31. The summed E-state index contributed by atoms with van der Waals surface area (Å²) in [6, 6.07) is 5.12. The van der Waals surface area contributed by atoms with E-state index in [2.05, 4.69) is 10.3 Å². The number of aromatic nitrogens is 1. The highest BCUT2D eigenvalue weighted by molar-refractivity contribution is 5.85. The van der Waals surface area contributed by atoms with E-state index < -0.39 is 0 Å². The third kappa shape index (κ3) is 2.23. The Balaban J connectivity index is 1.56. The van der Waals surface area contributed by atoms with Gasteiger partial charge in [0.2, 0.25) is 5.91 Å². The molecule has 0 radical (unpaired) electrons. The molecule has 1 aromatic carbocycles. The van der Waals surface area contributed by atoms with Crippen molar-refractivity contribution in [3.8, 4) is 0 Å². The molecule has 4 rings (SSSR count). The number of fused-ring (bicyclic) bond motifs is 3. The summed E-state index contributed by atoms with van der Waals surface area (Å²) in [6.45, 7) is 0. The van der Waals surface area contributed by atoms with Crippen molar-refractivity contribution in [1.29, 1.82) is 0 Å². The molecule has 1 amide bonds. The number of hydrogen-bond donors (Lipinski definition) is 2. The summed E-state index contributed by atoms with van der Waals surface area (Å²) in [4.78, 5) is 15.4. The van der Waals surface area contributed by atoms with E-state index in [-0.39, 0.29) is 23.7 Å². The smallest absolute Gasteiger partial charge is 0.223 e. The lowest BCUT2D eigenvalue weighted by Crippen LogP contribution is -2.43. The van der Waals surface area contributed by atoms with E-state index in [1.165, 1.54) is 23.7 Å². The summed E-state index contributed by atoms with van der Waals surface area (Å²) < 4.78 is 13.3. The predicted octanol–water partition coefficient (Wildman–Crippen LogP) is 3.08. The van der Waals surface area contributed by atoms with Crippen LogP contribution in [0.4, 0.5) is 4.39 Å². The zero-order valence-electron chi connectivity index (χ0n) is 11.9. The molecule has 1 fully saturated rings. The molecule has 110 valence electrons. The topological polar surface area (TPSA) is 44.9 Å². The van der Waals surface area contributed by atoms with Crippen molar-refractivity contribution in [1.82, 2.24) is 10.3 Å². The Morgan fingerprint density at radius 1 is 1.29 bits per heavy atom. The molecule has 2 aliphatic rings. The Morgan fingerprint density at radius 3 is 2.90 bits per heavy atom. The molecule has 4 heteroatoms. The van der Waals surface area contributed by atoms with Crippen molar-refractivity contribution in [3.05, 3.63) is 35.3 Å². The molecule has 2 N–H and O–H groups in total. The molecule has 0 spiro atoms. The normalized spacial score (nSPS) is 21.9. The minimum absolute atomic E-state index is 0.212. The first kappa shape index (κ1) is 12.9. The quantitative estimate of drug-likeness (QED) is 0.875. The van der Waals surface area contributed by atoms with Gasteiger partial charge in [-0.1, -0.05) is 6.42 Å². The first-order valence-corrected chi connectivity index (χ1v) is 7.80. The molecule has 1 aromatic heterocycles. The average Bonchev–Trinajstić information content (AvgIpc) is 2.73.